The quantitative estimate of drug-likeness (QED) is 0.265. The standard InChI is InChI=1S/C20H34N4O2.HI/c1-15-11-16(2)14-24(13-15)10-6-9-22-20(21-3)23-17-7-8-18(25-4)19(12-17)26-5;/h7-8,12,15-16H,6,9-11,13-14H2,1-5H3,(H2,21,22,23);1H. The third-order valence-corrected chi connectivity index (χ3v) is 4.76. The van der Waals surface area contributed by atoms with Gasteiger partial charge in [0, 0.05) is 38.4 Å². The summed E-state index contributed by atoms with van der Waals surface area (Å²) in [5, 5.41) is 6.68. The van der Waals surface area contributed by atoms with E-state index in [4.69, 9.17) is 9.47 Å². The highest BCUT2D eigenvalue weighted by atomic mass is 127. The Balaban J connectivity index is 0.00000364. The largest absolute Gasteiger partial charge is 0.493 e. The Hall–Kier alpha value is -1.22. The zero-order valence-electron chi connectivity index (χ0n) is 17.2. The number of methoxy groups -OCH3 is 2. The lowest BCUT2D eigenvalue weighted by Crippen LogP contribution is -2.40. The summed E-state index contributed by atoms with van der Waals surface area (Å²) in [7, 11) is 5.05. The van der Waals surface area contributed by atoms with Crippen molar-refractivity contribution in [3.63, 3.8) is 0 Å². The topological polar surface area (TPSA) is 58.1 Å². The van der Waals surface area contributed by atoms with E-state index in [9.17, 15) is 0 Å². The van der Waals surface area contributed by atoms with Gasteiger partial charge < -0.3 is 25.0 Å². The second kappa shape index (κ2) is 12.3. The maximum atomic E-state index is 5.34. The van der Waals surface area contributed by atoms with E-state index in [-0.39, 0.29) is 24.0 Å². The summed E-state index contributed by atoms with van der Waals surface area (Å²) < 4.78 is 10.6. The number of ether oxygens (including phenoxy) is 2. The molecule has 6 nitrogen and oxygen atoms in total. The van der Waals surface area contributed by atoms with Crippen LogP contribution in [0.3, 0.4) is 0 Å². The summed E-state index contributed by atoms with van der Waals surface area (Å²) in [6, 6.07) is 5.74. The highest BCUT2D eigenvalue weighted by Crippen LogP contribution is 2.29. The predicted octanol–water partition coefficient (Wildman–Crippen LogP) is 3.68. The molecular weight excluding hydrogens is 455 g/mol. The van der Waals surface area contributed by atoms with Gasteiger partial charge in [-0.05, 0) is 43.4 Å². The number of benzene rings is 1. The maximum absolute atomic E-state index is 5.34. The average molecular weight is 490 g/mol. The minimum absolute atomic E-state index is 0. The molecular formula is C20H35IN4O2. The van der Waals surface area contributed by atoms with Gasteiger partial charge in [0.2, 0.25) is 0 Å². The number of nitrogens with zero attached hydrogens (tertiary/aromatic N) is 2. The molecule has 0 saturated carbocycles. The van der Waals surface area contributed by atoms with Crippen LogP contribution in [0.15, 0.2) is 23.2 Å². The second-order valence-corrected chi connectivity index (χ2v) is 7.25. The first-order valence-corrected chi connectivity index (χ1v) is 9.47. The van der Waals surface area contributed by atoms with Crippen molar-refractivity contribution in [2.24, 2.45) is 16.8 Å². The summed E-state index contributed by atoms with van der Waals surface area (Å²) in [5.74, 6) is 3.79. The number of anilines is 1. The molecule has 0 bridgehead atoms. The molecule has 1 aliphatic rings. The van der Waals surface area contributed by atoms with Gasteiger partial charge >= 0.3 is 0 Å². The molecule has 1 aromatic carbocycles. The molecule has 0 aromatic heterocycles. The molecule has 2 unspecified atom stereocenters. The van der Waals surface area contributed by atoms with Crippen molar-refractivity contribution >= 4 is 35.6 Å². The average Bonchev–Trinajstić information content (AvgIpc) is 2.63. The van der Waals surface area contributed by atoms with Crippen LogP contribution < -0.4 is 20.1 Å². The Kier molecular flexibility index (Phi) is 10.8. The molecule has 0 aliphatic carbocycles. The van der Waals surface area contributed by atoms with E-state index < -0.39 is 0 Å². The van der Waals surface area contributed by atoms with Crippen LogP contribution >= 0.6 is 24.0 Å². The molecule has 1 aromatic rings. The van der Waals surface area contributed by atoms with Crippen LogP contribution in [-0.4, -0.2) is 58.3 Å². The van der Waals surface area contributed by atoms with Gasteiger partial charge in [-0.1, -0.05) is 13.8 Å². The van der Waals surface area contributed by atoms with Crippen molar-refractivity contribution in [2.75, 3.05) is 52.8 Å². The van der Waals surface area contributed by atoms with E-state index in [1.54, 1.807) is 21.3 Å². The molecule has 27 heavy (non-hydrogen) atoms. The van der Waals surface area contributed by atoms with E-state index in [0.29, 0.717) is 11.5 Å². The van der Waals surface area contributed by atoms with Gasteiger partial charge in [0.25, 0.3) is 0 Å². The Morgan fingerprint density at radius 1 is 1.15 bits per heavy atom. The highest BCUT2D eigenvalue weighted by molar-refractivity contribution is 14.0. The second-order valence-electron chi connectivity index (χ2n) is 7.25. The number of piperidine rings is 1. The van der Waals surface area contributed by atoms with Crippen LogP contribution in [-0.2, 0) is 0 Å². The number of hydrogen-bond donors (Lipinski definition) is 2. The van der Waals surface area contributed by atoms with Crippen molar-refractivity contribution in [1.29, 1.82) is 0 Å². The number of halogens is 1. The Labute approximate surface area is 181 Å². The van der Waals surface area contributed by atoms with Crippen molar-refractivity contribution < 1.29 is 9.47 Å². The Bertz CT molecular complexity index is 587. The molecule has 1 heterocycles. The SMILES string of the molecule is CN=C(NCCCN1CC(C)CC(C)C1)Nc1ccc(OC)c(OC)c1.I. The minimum atomic E-state index is 0. The lowest BCUT2D eigenvalue weighted by atomic mass is 9.92. The highest BCUT2D eigenvalue weighted by Gasteiger charge is 2.20. The molecule has 1 saturated heterocycles. The van der Waals surface area contributed by atoms with Crippen molar-refractivity contribution in [1.82, 2.24) is 10.2 Å². The summed E-state index contributed by atoms with van der Waals surface area (Å²) in [5.41, 5.74) is 0.912. The van der Waals surface area contributed by atoms with Crippen LogP contribution in [0.1, 0.15) is 26.7 Å². The van der Waals surface area contributed by atoms with Gasteiger partial charge in [-0.2, -0.15) is 0 Å². The maximum Gasteiger partial charge on any atom is 0.195 e. The lowest BCUT2D eigenvalue weighted by molar-refractivity contribution is 0.140. The number of aliphatic imine (C=N–C) groups is 1. The van der Waals surface area contributed by atoms with Gasteiger partial charge in [0.05, 0.1) is 14.2 Å². The number of guanidine groups is 1. The monoisotopic (exact) mass is 490 g/mol. The third kappa shape index (κ3) is 7.73. The van der Waals surface area contributed by atoms with Crippen LogP contribution in [0.25, 0.3) is 0 Å². The van der Waals surface area contributed by atoms with E-state index in [0.717, 1.165) is 43.0 Å². The molecule has 0 radical (unpaired) electrons. The van der Waals surface area contributed by atoms with Crippen molar-refractivity contribution in [3.8, 4) is 11.5 Å². The van der Waals surface area contributed by atoms with Gasteiger partial charge in [-0.15, -0.1) is 24.0 Å². The van der Waals surface area contributed by atoms with Crippen LogP contribution in [0.4, 0.5) is 5.69 Å². The first-order chi connectivity index (χ1) is 12.5. The summed E-state index contributed by atoms with van der Waals surface area (Å²) in [4.78, 5) is 6.89. The molecule has 0 amide bonds. The molecule has 1 fully saturated rings. The lowest BCUT2D eigenvalue weighted by Gasteiger charge is -2.35. The predicted molar refractivity (Wildman–Crippen MR) is 124 cm³/mol. The number of hydrogen-bond acceptors (Lipinski definition) is 4. The number of likely N-dealkylation sites (tertiary alicyclic amines) is 1. The number of rotatable bonds is 7. The van der Waals surface area contributed by atoms with Gasteiger partial charge in [0.15, 0.2) is 17.5 Å². The van der Waals surface area contributed by atoms with E-state index in [2.05, 4.69) is 34.4 Å². The van der Waals surface area contributed by atoms with E-state index >= 15 is 0 Å². The molecule has 2 N–H and O–H groups in total. The van der Waals surface area contributed by atoms with Gasteiger partial charge in [-0.25, -0.2) is 0 Å². The zero-order valence-corrected chi connectivity index (χ0v) is 19.6. The fraction of sp³-hybridized carbons (Fsp3) is 0.650. The van der Waals surface area contributed by atoms with Gasteiger partial charge in [-0.3, -0.25) is 4.99 Å². The summed E-state index contributed by atoms with van der Waals surface area (Å²) in [6.07, 6.45) is 2.46. The fourth-order valence-corrected chi connectivity index (χ4v) is 3.71. The first kappa shape index (κ1) is 23.8. The normalized spacial score (nSPS) is 20.6. The molecule has 2 rings (SSSR count). The molecule has 1 aliphatic heterocycles. The van der Waals surface area contributed by atoms with Crippen molar-refractivity contribution in [2.45, 2.75) is 26.7 Å². The molecule has 0 spiro atoms. The zero-order chi connectivity index (χ0) is 18.9. The van der Waals surface area contributed by atoms with Gasteiger partial charge in [0.1, 0.15) is 0 Å². The molecule has 2 atom stereocenters. The van der Waals surface area contributed by atoms with Crippen LogP contribution in [0, 0.1) is 11.8 Å². The van der Waals surface area contributed by atoms with Crippen LogP contribution in [0.5, 0.6) is 11.5 Å². The summed E-state index contributed by atoms with van der Waals surface area (Å²) in [6.45, 7) is 9.19. The Morgan fingerprint density at radius 2 is 1.81 bits per heavy atom. The molecule has 7 heteroatoms. The fourth-order valence-electron chi connectivity index (χ4n) is 3.71. The van der Waals surface area contributed by atoms with E-state index in [1.165, 1.54) is 19.5 Å². The Morgan fingerprint density at radius 3 is 2.41 bits per heavy atom. The molecule has 154 valence electrons. The smallest absolute Gasteiger partial charge is 0.195 e. The third-order valence-electron chi connectivity index (χ3n) is 4.76. The van der Waals surface area contributed by atoms with E-state index in [1.807, 2.05) is 18.2 Å². The van der Waals surface area contributed by atoms with Crippen LogP contribution in [0.2, 0.25) is 0 Å². The number of nitrogens with one attached hydrogen (secondary N) is 2. The van der Waals surface area contributed by atoms with Crippen molar-refractivity contribution in [3.05, 3.63) is 18.2 Å². The summed E-state index contributed by atoms with van der Waals surface area (Å²) >= 11 is 0. The minimum Gasteiger partial charge on any atom is -0.493 e. The first-order valence-electron chi connectivity index (χ1n) is 9.47.